The van der Waals surface area contributed by atoms with Crippen LogP contribution in [0.4, 0.5) is 0 Å². The van der Waals surface area contributed by atoms with Crippen LogP contribution in [0.3, 0.4) is 0 Å². The minimum absolute atomic E-state index is 0.207. The van der Waals surface area contributed by atoms with Gasteiger partial charge in [-0.15, -0.1) is 0 Å². The van der Waals surface area contributed by atoms with Gasteiger partial charge in [0.2, 0.25) is 0 Å². The van der Waals surface area contributed by atoms with Gasteiger partial charge in [-0.25, -0.2) is 0 Å². The van der Waals surface area contributed by atoms with Crippen molar-refractivity contribution >= 4 is 0 Å². The van der Waals surface area contributed by atoms with Crippen LogP contribution in [0.2, 0.25) is 0 Å². The van der Waals surface area contributed by atoms with Crippen molar-refractivity contribution in [3.8, 4) is 0 Å². The van der Waals surface area contributed by atoms with E-state index in [2.05, 4.69) is 24.3 Å². The van der Waals surface area contributed by atoms with Crippen LogP contribution in [0.1, 0.15) is 31.9 Å². The fourth-order valence-corrected chi connectivity index (χ4v) is 1.38. The van der Waals surface area contributed by atoms with Crippen molar-refractivity contribution in [1.82, 2.24) is 10.4 Å². The molecule has 0 bridgehead atoms. The van der Waals surface area contributed by atoms with Gasteiger partial charge in [0.1, 0.15) is 0 Å². The SMILES string of the molecule is CCC(C)C(NN)c1cccnc1. The van der Waals surface area contributed by atoms with Crippen LogP contribution < -0.4 is 11.3 Å². The second-order valence-electron chi connectivity index (χ2n) is 3.32. The van der Waals surface area contributed by atoms with Crippen molar-refractivity contribution in [1.29, 1.82) is 0 Å². The van der Waals surface area contributed by atoms with Crippen LogP contribution in [0, 0.1) is 5.92 Å². The Morgan fingerprint density at radius 1 is 1.62 bits per heavy atom. The zero-order chi connectivity index (χ0) is 9.68. The fraction of sp³-hybridized carbons (Fsp3) is 0.500. The molecule has 0 saturated heterocycles. The Balaban J connectivity index is 2.78. The fourth-order valence-electron chi connectivity index (χ4n) is 1.38. The Hall–Kier alpha value is -0.930. The lowest BCUT2D eigenvalue weighted by atomic mass is 9.94. The highest BCUT2D eigenvalue weighted by molar-refractivity contribution is 5.14. The summed E-state index contributed by atoms with van der Waals surface area (Å²) in [7, 11) is 0. The van der Waals surface area contributed by atoms with E-state index in [1.807, 2.05) is 18.3 Å². The maximum absolute atomic E-state index is 5.50. The van der Waals surface area contributed by atoms with E-state index in [9.17, 15) is 0 Å². The van der Waals surface area contributed by atoms with E-state index < -0.39 is 0 Å². The number of hydrogen-bond acceptors (Lipinski definition) is 3. The van der Waals surface area contributed by atoms with Gasteiger partial charge in [-0.05, 0) is 17.5 Å². The summed E-state index contributed by atoms with van der Waals surface area (Å²) in [4.78, 5) is 4.07. The molecule has 0 amide bonds. The largest absolute Gasteiger partial charge is 0.271 e. The van der Waals surface area contributed by atoms with Gasteiger partial charge < -0.3 is 0 Å². The highest BCUT2D eigenvalue weighted by Gasteiger charge is 2.15. The Morgan fingerprint density at radius 2 is 2.38 bits per heavy atom. The van der Waals surface area contributed by atoms with Crippen LogP contribution in [0.25, 0.3) is 0 Å². The number of nitrogens with zero attached hydrogens (tertiary/aromatic N) is 1. The summed E-state index contributed by atoms with van der Waals surface area (Å²) < 4.78 is 0. The number of hydrogen-bond donors (Lipinski definition) is 2. The molecular weight excluding hydrogens is 162 g/mol. The molecule has 2 atom stereocenters. The molecule has 1 aromatic heterocycles. The Kier molecular flexibility index (Phi) is 3.86. The Bertz CT molecular complexity index is 235. The smallest absolute Gasteiger partial charge is 0.0500 e. The number of rotatable bonds is 4. The summed E-state index contributed by atoms with van der Waals surface area (Å²) in [6, 6.07) is 4.19. The molecule has 0 fully saturated rings. The maximum Gasteiger partial charge on any atom is 0.0500 e. The first kappa shape index (κ1) is 10.2. The highest BCUT2D eigenvalue weighted by atomic mass is 15.2. The normalized spacial score (nSPS) is 15.3. The molecule has 13 heavy (non-hydrogen) atoms. The molecule has 1 rings (SSSR count). The number of hydrazine groups is 1. The minimum Gasteiger partial charge on any atom is -0.271 e. The summed E-state index contributed by atoms with van der Waals surface area (Å²) in [5.41, 5.74) is 3.98. The van der Waals surface area contributed by atoms with E-state index >= 15 is 0 Å². The first-order valence-electron chi connectivity index (χ1n) is 4.65. The van der Waals surface area contributed by atoms with Gasteiger partial charge in [0.25, 0.3) is 0 Å². The second-order valence-corrected chi connectivity index (χ2v) is 3.32. The number of pyridine rings is 1. The summed E-state index contributed by atoms with van der Waals surface area (Å²) in [6.07, 6.45) is 4.73. The molecule has 0 aliphatic rings. The van der Waals surface area contributed by atoms with Gasteiger partial charge in [-0.3, -0.25) is 16.3 Å². The van der Waals surface area contributed by atoms with Crippen LogP contribution in [0.5, 0.6) is 0 Å². The summed E-state index contributed by atoms with van der Waals surface area (Å²) >= 11 is 0. The average molecular weight is 179 g/mol. The molecule has 0 aliphatic heterocycles. The van der Waals surface area contributed by atoms with Gasteiger partial charge in [0.05, 0.1) is 6.04 Å². The number of nitrogens with one attached hydrogen (secondary N) is 1. The quantitative estimate of drug-likeness (QED) is 0.545. The lowest BCUT2D eigenvalue weighted by Crippen LogP contribution is -2.32. The standard InChI is InChI=1S/C10H17N3/c1-3-8(2)10(13-11)9-5-4-6-12-7-9/h4-8,10,13H,3,11H2,1-2H3. The van der Waals surface area contributed by atoms with E-state index in [0.29, 0.717) is 5.92 Å². The van der Waals surface area contributed by atoms with E-state index in [1.165, 1.54) is 0 Å². The maximum atomic E-state index is 5.50. The lowest BCUT2D eigenvalue weighted by molar-refractivity contribution is 0.382. The molecule has 3 nitrogen and oxygen atoms in total. The molecule has 0 radical (unpaired) electrons. The first-order valence-corrected chi connectivity index (χ1v) is 4.65. The third kappa shape index (κ3) is 2.50. The second kappa shape index (κ2) is 4.94. The van der Waals surface area contributed by atoms with Gasteiger partial charge >= 0.3 is 0 Å². The topological polar surface area (TPSA) is 50.9 Å². The molecule has 3 N–H and O–H groups in total. The highest BCUT2D eigenvalue weighted by Crippen LogP contribution is 2.22. The van der Waals surface area contributed by atoms with Gasteiger partial charge in [0.15, 0.2) is 0 Å². The van der Waals surface area contributed by atoms with E-state index in [-0.39, 0.29) is 6.04 Å². The molecule has 0 aromatic carbocycles. The molecule has 72 valence electrons. The van der Waals surface area contributed by atoms with Crippen molar-refractivity contribution in [2.45, 2.75) is 26.3 Å². The Labute approximate surface area is 79.3 Å². The van der Waals surface area contributed by atoms with Crippen molar-refractivity contribution < 1.29 is 0 Å². The predicted molar refractivity (Wildman–Crippen MR) is 53.8 cm³/mol. The molecule has 0 spiro atoms. The summed E-state index contributed by atoms with van der Waals surface area (Å²) in [5, 5.41) is 0. The predicted octanol–water partition coefficient (Wildman–Crippen LogP) is 1.63. The van der Waals surface area contributed by atoms with Gasteiger partial charge in [0, 0.05) is 12.4 Å². The van der Waals surface area contributed by atoms with Crippen molar-refractivity contribution in [3.63, 3.8) is 0 Å². The number of aromatic nitrogens is 1. The monoisotopic (exact) mass is 179 g/mol. The lowest BCUT2D eigenvalue weighted by Gasteiger charge is -2.21. The van der Waals surface area contributed by atoms with E-state index in [0.717, 1.165) is 12.0 Å². The molecule has 0 aliphatic carbocycles. The van der Waals surface area contributed by atoms with Crippen molar-refractivity contribution in [2.24, 2.45) is 11.8 Å². The van der Waals surface area contributed by atoms with Crippen LogP contribution in [0.15, 0.2) is 24.5 Å². The average Bonchev–Trinajstić information content (AvgIpc) is 2.20. The van der Waals surface area contributed by atoms with Crippen LogP contribution in [-0.4, -0.2) is 4.98 Å². The van der Waals surface area contributed by atoms with E-state index in [1.54, 1.807) is 6.20 Å². The van der Waals surface area contributed by atoms with Gasteiger partial charge in [-0.1, -0.05) is 26.3 Å². The van der Waals surface area contributed by atoms with E-state index in [4.69, 9.17) is 5.84 Å². The van der Waals surface area contributed by atoms with Crippen LogP contribution in [-0.2, 0) is 0 Å². The third-order valence-corrected chi connectivity index (χ3v) is 2.44. The first-order chi connectivity index (χ1) is 6.29. The summed E-state index contributed by atoms with van der Waals surface area (Å²) in [6.45, 7) is 4.34. The molecule has 1 aromatic rings. The van der Waals surface area contributed by atoms with Gasteiger partial charge in [-0.2, -0.15) is 0 Å². The van der Waals surface area contributed by atoms with Crippen LogP contribution >= 0.6 is 0 Å². The molecule has 0 saturated carbocycles. The third-order valence-electron chi connectivity index (χ3n) is 2.44. The number of nitrogens with two attached hydrogens (primary N) is 1. The summed E-state index contributed by atoms with van der Waals surface area (Å²) in [5.74, 6) is 6.03. The molecule has 2 unspecified atom stereocenters. The van der Waals surface area contributed by atoms with Crippen molar-refractivity contribution in [2.75, 3.05) is 0 Å². The zero-order valence-corrected chi connectivity index (χ0v) is 8.20. The molecule has 3 heteroatoms. The molecule has 1 heterocycles. The zero-order valence-electron chi connectivity index (χ0n) is 8.20. The Morgan fingerprint density at radius 3 is 2.85 bits per heavy atom. The molecular formula is C10H17N3. The van der Waals surface area contributed by atoms with Crippen molar-refractivity contribution in [3.05, 3.63) is 30.1 Å². The minimum atomic E-state index is 0.207.